The topological polar surface area (TPSA) is 88.6 Å². The van der Waals surface area contributed by atoms with Gasteiger partial charge in [0.25, 0.3) is 0 Å². The molecule has 0 aliphatic carbocycles. The summed E-state index contributed by atoms with van der Waals surface area (Å²) in [7, 11) is -5.47. The van der Waals surface area contributed by atoms with Crippen LogP contribution in [0.1, 0.15) is 142 Å². The predicted octanol–water partition coefficient (Wildman–Crippen LogP) is 18.7. The summed E-state index contributed by atoms with van der Waals surface area (Å²) in [6.07, 6.45) is 3.18. The molecule has 9 nitrogen and oxygen atoms in total. The van der Waals surface area contributed by atoms with Crippen LogP contribution >= 0.6 is 70.4 Å². The molecule has 3 aromatic carbocycles. The lowest BCUT2D eigenvalue weighted by Crippen LogP contribution is -2.45. The Balaban J connectivity index is 0.000000299. The van der Waals surface area contributed by atoms with Gasteiger partial charge in [-0.05, 0) is 190 Å². The molecule has 3 aliphatic rings. The van der Waals surface area contributed by atoms with Gasteiger partial charge in [-0.15, -0.1) is 0 Å². The number of carbonyl (C=O) groups is 3. The Hall–Kier alpha value is -1.23. The molecule has 3 heterocycles. The van der Waals surface area contributed by atoms with Crippen LogP contribution in [0, 0.1) is 52.9 Å². The van der Waals surface area contributed by atoms with Crippen LogP contribution in [0.5, 0.6) is 0 Å². The Bertz CT molecular complexity index is 2500. The maximum Gasteiger partial charge on any atom is 0.233 e. The highest BCUT2D eigenvalue weighted by atomic mass is 127. The van der Waals surface area contributed by atoms with Crippen molar-refractivity contribution in [2.24, 2.45) is 11.3 Å². The third kappa shape index (κ3) is 17.2. The number of aryl methyl sites for hydroxylation is 6. The van der Waals surface area contributed by atoms with E-state index in [1.54, 1.807) is 0 Å². The lowest BCUT2D eigenvalue weighted by atomic mass is 9.90. The van der Waals surface area contributed by atoms with E-state index in [4.69, 9.17) is 13.3 Å². The van der Waals surface area contributed by atoms with Crippen molar-refractivity contribution < 1.29 is 27.7 Å². The molecule has 3 amide bonds. The van der Waals surface area contributed by atoms with Gasteiger partial charge in [-0.1, -0.05) is 153 Å². The van der Waals surface area contributed by atoms with Gasteiger partial charge in [0.1, 0.15) is 0 Å². The quantitative estimate of drug-likeness (QED) is 0.102. The highest BCUT2D eigenvalue weighted by molar-refractivity contribution is 14.1. The summed E-state index contributed by atoms with van der Waals surface area (Å²) in [5, 5.41) is 0.531. The number of nitrogens with zero attached hydrogens (tertiary/aromatic N) is 3. The van der Waals surface area contributed by atoms with Gasteiger partial charge in [-0.25, -0.2) is 0 Å². The predicted molar refractivity (Wildman–Crippen MR) is 355 cm³/mol. The summed E-state index contributed by atoms with van der Waals surface area (Å²) in [5.74, 6) is 0.671. The summed E-state index contributed by atoms with van der Waals surface area (Å²) in [6.45, 7) is 54.3. The molecule has 1 unspecified atom stereocenters. The standard InChI is InChI=1S/C21H34BrNO2Si.C20H32BrNO2Si.C19H30BrNO2Si.CH3I/c1-14-10-16(11-15(2)18(14)22)23-17(12-21(6,7)19(23)24)13-25-26(8,9)20(3,4)5;1-13-9-16(10-14(2)18(13)21)22-17(11-15(3)19(22)23)12-24-25(7,8)20(4,5)6;1-13-10-16(11-14(2)18(13)20)21-15(8-9-17(21)22)12-23-24(6,7)19(3,4)5;1-2/h10-11,17H,12-13H2,1-9H3;9-10,15,17H,11-12H2,1-8H3;10-11,15H,8-9,12H2,1-7H3;1H3/t17-;15?,17-;15-;/m111./s1. The van der Waals surface area contributed by atoms with Crippen LogP contribution in [0.3, 0.4) is 0 Å². The van der Waals surface area contributed by atoms with E-state index in [0.717, 1.165) is 83.1 Å². The van der Waals surface area contributed by atoms with Crippen LogP contribution in [0.15, 0.2) is 49.8 Å². The Morgan fingerprint density at radius 1 is 0.532 bits per heavy atom. The van der Waals surface area contributed by atoms with Crippen molar-refractivity contribution in [1.82, 2.24) is 0 Å². The van der Waals surface area contributed by atoms with E-state index in [9.17, 15) is 14.4 Å². The van der Waals surface area contributed by atoms with E-state index < -0.39 is 25.0 Å². The Morgan fingerprint density at radius 3 is 1.17 bits per heavy atom. The summed E-state index contributed by atoms with van der Waals surface area (Å²) in [4.78, 5) is 46.3. The summed E-state index contributed by atoms with van der Waals surface area (Å²) in [5.41, 5.74) is 9.58. The second-order valence-corrected chi connectivity index (χ2v) is 44.1. The fourth-order valence-electron chi connectivity index (χ4n) is 9.24. The number of amides is 3. The lowest BCUT2D eigenvalue weighted by molar-refractivity contribution is -0.124. The molecular weight excluding hydrogens is 1320 g/mol. The van der Waals surface area contributed by atoms with E-state index in [0.29, 0.717) is 26.2 Å². The Kier molecular flexibility index (Phi) is 24.6. The smallest absolute Gasteiger partial charge is 0.233 e. The van der Waals surface area contributed by atoms with Gasteiger partial charge in [0.15, 0.2) is 25.0 Å². The molecule has 6 rings (SSSR count). The normalized spacial score (nSPS) is 20.2. The second kappa shape index (κ2) is 27.0. The molecule has 4 atom stereocenters. The average molecular weight is 1420 g/mol. The van der Waals surface area contributed by atoms with Gasteiger partial charge in [-0.3, -0.25) is 14.4 Å². The highest BCUT2D eigenvalue weighted by Crippen LogP contribution is 2.44. The van der Waals surface area contributed by atoms with Crippen molar-refractivity contribution in [3.8, 4) is 0 Å². The first kappa shape index (κ1) is 70.0. The molecule has 0 radical (unpaired) electrons. The molecule has 3 aromatic rings. The monoisotopic (exact) mass is 1420 g/mol. The summed E-state index contributed by atoms with van der Waals surface area (Å²) < 4.78 is 22.7. The Labute approximate surface area is 510 Å². The summed E-state index contributed by atoms with van der Waals surface area (Å²) in [6, 6.07) is 13.0. The SMILES string of the molecule is CI.Cc1cc(N2C(=O)C(C)(C)C[C@@H]2CO[Si](C)(C)C(C)(C)C)cc(C)c1Br.Cc1cc(N2C(=O)C(C)C[C@@H]2CO[Si](C)(C)C(C)(C)C)cc(C)c1Br.Cc1cc(N2C(=O)CC[C@@H]2CO[Si](C)(C)C(C)(C)C)cc(C)c1Br. The molecular formula is C61H99Br3IN3O6Si3. The maximum atomic E-state index is 13.1. The van der Waals surface area contributed by atoms with Gasteiger partial charge in [-0.2, -0.15) is 0 Å². The number of anilines is 3. The number of benzene rings is 3. The van der Waals surface area contributed by atoms with Crippen LogP contribution in [-0.4, -0.2) is 85.6 Å². The van der Waals surface area contributed by atoms with Crippen LogP contribution in [0.4, 0.5) is 17.1 Å². The van der Waals surface area contributed by atoms with Crippen molar-refractivity contribution in [2.45, 2.75) is 223 Å². The van der Waals surface area contributed by atoms with E-state index in [-0.39, 0.29) is 62.3 Å². The highest BCUT2D eigenvalue weighted by Gasteiger charge is 2.48. The van der Waals surface area contributed by atoms with Crippen LogP contribution < -0.4 is 14.7 Å². The largest absolute Gasteiger partial charge is 0.415 e. The average Bonchev–Trinajstić information content (AvgIpc) is 3.90. The van der Waals surface area contributed by atoms with Gasteiger partial charge >= 0.3 is 0 Å². The summed E-state index contributed by atoms with van der Waals surface area (Å²) >= 11 is 13.0. The zero-order valence-electron chi connectivity index (χ0n) is 52.0. The molecule has 3 fully saturated rings. The number of hydrogen-bond donors (Lipinski definition) is 0. The first-order chi connectivity index (χ1) is 35.0. The lowest BCUT2D eigenvalue weighted by Gasteiger charge is -2.38. The zero-order valence-corrected chi connectivity index (χ0v) is 61.9. The molecule has 3 saturated heterocycles. The van der Waals surface area contributed by atoms with E-state index >= 15 is 0 Å². The molecule has 0 aromatic heterocycles. The second-order valence-electron chi connectivity index (χ2n) is 27.3. The first-order valence-electron chi connectivity index (χ1n) is 27.5. The van der Waals surface area contributed by atoms with Crippen molar-refractivity contribution in [2.75, 3.05) is 39.5 Å². The molecule has 3 aliphatic heterocycles. The third-order valence-electron chi connectivity index (χ3n) is 17.3. The van der Waals surface area contributed by atoms with Gasteiger partial charge < -0.3 is 28.0 Å². The van der Waals surface area contributed by atoms with Crippen molar-refractivity contribution >= 4 is 130 Å². The molecule has 0 spiro atoms. The van der Waals surface area contributed by atoms with Gasteiger partial charge in [0.05, 0.1) is 37.9 Å². The van der Waals surface area contributed by atoms with E-state index in [1.165, 1.54) is 0 Å². The van der Waals surface area contributed by atoms with Gasteiger partial charge in [0, 0.05) is 48.2 Å². The fourth-order valence-corrected chi connectivity index (χ4v) is 13.1. The minimum Gasteiger partial charge on any atom is -0.415 e. The van der Waals surface area contributed by atoms with Crippen molar-refractivity contribution in [3.05, 3.63) is 83.2 Å². The zero-order chi connectivity index (χ0) is 59.5. The van der Waals surface area contributed by atoms with Crippen LogP contribution in [0.2, 0.25) is 54.4 Å². The molecule has 0 bridgehead atoms. The number of carbonyl (C=O) groups excluding carboxylic acids is 3. The fraction of sp³-hybridized carbons (Fsp3) is 0.656. The number of hydrogen-bond acceptors (Lipinski definition) is 6. The van der Waals surface area contributed by atoms with E-state index in [1.807, 2.05) is 40.4 Å². The number of alkyl halides is 1. The molecule has 434 valence electrons. The van der Waals surface area contributed by atoms with Crippen LogP contribution in [0.25, 0.3) is 0 Å². The maximum absolute atomic E-state index is 13.1. The minimum absolute atomic E-state index is 0.0530. The van der Waals surface area contributed by atoms with Gasteiger partial charge in [0.2, 0.25) is 17.7 Å². The molecule has 0 N–H and O–H groups in total. The number of rotatable bonds is 12. The first-order valence-corrected chi connectivity index (χ1v) is 40.8. The Morgan fingerprint density at radius 2 is 0.831 bits per heavy atom. The van der Waals surface area contributed by atoms with Crippen molar-refractivity contribution in [1.29, 1.82) is 0 Å². The molecule has 0 saturated carbocycles. The van der Waals surface area contributed by atoms with Crippen LogP contribution in [-0.2, 0) is 27.7 Å². The van der Waals surface area contributed by atoms with Crippen molar-refractivity contribution in [3.63, 3.8) is 0 Å². The van der Waals surface area contributed by atoms with E-state index in [2.05, 4.69) is 250 Å². The third-order valence-corrected chi connectivity index (χ3v) is 34.6. The molecule has 77 heavy (non-hydrogen) atoms. The number of halogens is 4. The minimum atomic E-state index is -1.85. The molecule has 16 heteroatoms.